The Bertz CT molecular complexity index is 1150. The number of nitrogens with one attached hydrogen (secondary N) is 3. The van der Waals surface area contributed by atoms with E-state index in [0.29, 0.717) is 28.6 Å². The zero-order valence-electron chi connectivity index (χ0n) is 20.7. The molecule has 1 aliphatic heterocycles. The lowest BCUT2D eigenvalue weighted by Crippen LogP contribution is -2.41. The van der Waals surface area contributed by atoms with E-state index >= 15 is 0 Å². The lowest BCUT2D eigenvalue weighted by Gasteiger charge is -2.32. The predicted octanol–water partition coefficient (Wildman–Crippen LogP) is 3.18. The highest BCUT2D eigenvalue weighted by Crippen LogP contribution is 2.20. The Morgan fingerprint density at radius 1 is 1.34 bits per heavy atom. The van der Waals surface area contributed by atoms with Gasteiger partial charge in [0.2, 0.25) is 5.91 Å². The van der Waals surface area contributed by atoms with Gasteiger partial charge in [0.15, 0.2) is 0 Å². The molecule has 3 heterocycles. The van der Waals surface area contributed by atoms with Crippen molar-refractivity contribution in [1.29, 1.82) is 5.41 Å². The van der Waals surface area contributed by atoms with Crippen LogP contribution in [0.25, 0.3) is 16.6 Å². The van der Waals surface area contributed by atoms with Gasteiger partial charge in [-0.05, 0) is 60.7 Å². The minimum absolute atomic E-state index is 0.127. The standard InChI is InChI=1S/C26H36N8O/c1-17(2)20(11-27)10-25(29)33-26-7-6-23-24(32-26)9-21(15-31-23)22(12-28)14-30-13-19-5-4-8-34(16-19)18(3)35/h6-7,9-12,14-15,17,19,28,30H,4-5,8,13,16,27,29H2,1-3H3,(H,32,33)/b20-11+,22-14+,25-10+,28-12?. The van der Waals surface area contributed by atoms with E-state index in [1.165, 1.54) is 6.21 Å². The van der Waals surface area contributed by atoms with Gasteiger partial charge in [-0.2, -0.15) is 0 Å². The number of likely N-dealkylation sites (tertiary alicyclic amines) is 1. The maximum Gasteiger partial charge on any atom is 0.219 e. The number of anilines is 1. The summed E-state index contributed by atoms with van der Waals surface area (Å²) in [4.78, 5) is 22.7. The van der Waals surface area contributed by atoms with E-state index in [2.05, 4.69) is 20.6 Å². The highest BCUT2D eigenvalue weighted by Gasteiger charge is 2.20. The van der Waals surface area contributed by atoms with Gasteiger partial charge in [-0.1, -0.05) is 13.8 Å². The molecule has 0 radical (unpaired) electrons. The van der Waals surface area contributed by atoms with Crippen LogP contribution < -0.4 is 22.1 Å². The predicted molar refractivity (Wildman–Crippen MR) is 142 cm³/mol. The SMILES string of the molecule is CC(=O)N1CCCC(CN/C=C(\C=N)c2cnc3ccc(N/C(N)=C/C(=C\N)C(C)C)nc3c2)C1. The monoisotopic (exact) mass is 476 g/mol. The van der Waals surface area contributed by atoms with Crippen LogP contribution in [0.15, 0.2) is 54.3 Å². The number of amides is 1. The number of nitrogens with two attached hydrogens (primary N) is 2. The van der Waals surface area contributed by atoms with Gasteiger partial charge >= 0.3 is 0 Å². The van der Waals surface area contributed by atoms with Crippen molar-refractivity contribution < 1.29 is 4.79 Å². The third kappa shape index (κ3) is 7.05. The third-order valence-corrected chi connectivity index (χ3v) is 6.11. The molecule has 0 bridgehead atoms. The summed E-state index contributed by atoms with van der Waals surface area (Å²) in [6, 6.07) is 5.60. The Kier molecular flexibility index (Phi) is 8.83. The van der Waals surface area contributed by atoms with Gasteiger partial charge in [-0.3, -0.25) is 9.78 Å². The first-order valence-corrected chi connectivity index (χ1v) is 11.9. The zero-order valence-corrected chi connectivity index (χ0v) is 20.7. The molecule has 0 aromatic carbocycles. The molecule has 1 aliphatic rings. The molecule has 3 rings (SSSR count). The van der Waals surface area contributed by atoms with Crippen molar-refractivity contribution in [2.45, 2.75) is 33.6 Å². The first-order valence-electron chi connectivity index (χ1n) is 11.9. The number of nitrogens with zero attached hydrogens (tertiary/aromatic N) is 3. The van der Waals surface area contributed by atoms with Crippen LogP contribution in [0.1, 0.15) is 39.2 Å². The largest absolute Gasteiger partial charge is 0.404 e. The van der Waals surface area contributed by atoms with Crippen molar-refractivity contribution in [2.75, 3.05) is 25.0 Å². The van der Waals surface area contributed by atoms with Gasteiger partial charge in [0.25, 0.3) is 0 Å². The minimum atomic E-state index is 0.127. The number of hydrogen-bond acceptors (Lipinski definition) is 8. The lowest BCUT2D eigenvalue weighted by molar-refractivity contribution is -0.130. The molecule has 1 unspecified atom stereocenters. The van der Waals surface area contributed by atoms with Crippen molar-refractivity contribution >= 4 is 34.5 Å². The number of carbonyl (C=O) groups excluding carboxylic acids is 1. The van der Waals surface area contributed by atoms with E-state index in [9.17, 15) is 4.79 Å². The molecule has 1 amide bonds. The fourth-order valence-corrected chi connectivity index (χ4v) is 4.07. The number of fused-ring (bicyclic) bond motifs is 1. The van der Waals surface area contributed by atoms with Crippen LogP contribution in [0.5, 0.6) is 0 Å². The van der Waals surface area contributed by atoms with Crippen LogP contribution in [-0.2, 0) is 4.79 Å². The van der Waals surface area contributed by atoms with Crippen LogP contribution in [0, 0.1) is 17.2 Å². The smallest absolute Gasteiger partial charge is 0.219 e. The number of piperidine rings is 1. The molecule has 35 heavy (non-hydrogen) atoms. The van der Waals surface area contributed by atoms with Crippen LogP contribution in [0.2, 0.25) is 0 Å². The summed E-state index contributed by atoms with van der Waals surface area (Å²) in [5.41, 5.74) is 15.7. The molecule has 1 atom stereocenters. The number of allylic oxidation sites excluding steroid dienone is 3. The second-order valence-corrected chi connectivity index (χ2v) is 9.13. The summed E-state index contributed by atoms with van der Waals surface area (Å²) in [6.07, 6.45) is 10.3. The van der Waals surface area contributed by atoms with Gasteiger partial charge in [-0.15, -0.1) is 0 Å². The van der Waals surface area contributed by atoms with Gasteiger partial charge in [0, 0.05) is 56.3 Å². The Morgan fingerprint density at radius 3 is 2.83 bits per heavy atom. The number of pyridine rings is 2. The highest BCUT2D eigenvalue weighted by atomic mass is 16.2. The quantitative estimate of drug-likeness (QED) is 0.276. The Balaban J connectivity index is 1.72. The normalized spacial score (nSPS) is 17.5. The number of carbonyl (C=O) groups is 1. The summed E-state index contributed by atoms with van der Waals surface area (Å²) in [6.45, 7) is 8.06. The van der Waals surface area contributed by atoms with Gasteiger partial charge in [-0.25, -0.2) is 4.98 Å². The maximum absolute atomic E-state index is 11.7. The molecule has 7 N–H and O–H groups in total. The Hall–Kier alpha value is -3.88. The molecule has 0 spiro atoms. The van der Waals surface area contributed by atoms with Crippen LogP contribution >= 0.6 is 0 Å². The Labute approximate surface area is 206 Å². The van der Waals surface area contributed by atoms with Crippen molar-refractivity contribution in [2.24, 2.45) is 23.3 Å². The summed E-state index contributed by atoms with van der Waals surface area (Å²) in [5.74, 6) is 1.81. The summed E-state index contributed by atoms with van der Waals surface area (Å²) < 4.78 is 0. The van der Waals surface area contributed by atoms with E-state index in [0.717, 1.165) is 49.1 Å². The Morgan fingerprint density at radius 2 is 2.14 bits per heavy atom. The van der Waals surface area contributed by atoms with Crippen LogP contribution in [0.4, 0.5) is 5.82 Å². The average Bonchev–Trinajstić information content (AvgIpc) is 2.84. The summed E-state index contributed by atoms with van der Waals surface area (Å²) >= 11 is 0. The fraction of sp³-hybridized carbons (Fsp3) is 0.385. The number of rotatable bonds is 9. The molecule has 9 heteroatoms. The van der Waals surface area contributed by atoms with E-state index in [1.54, 1.807) is 25.4 Å². The van der Waals surface area contributed by atoms with E-state index in [4.69, 9.17) is 16.9 Å². The van der Waals surface area contributed by atoms with Crippen LogP contribution in [0.3, 0.4) is 0 Å². The summed E-state index contributed by atoms with van der Waals surface area (Å²) in [7, 11) is 0. The van der Waals surface area contributed by atoms with E-state index in [1.807, 2.05) is 43.1 Å². The van der Waals surface area contributed by atoms with Gasteiger partial charge in [0.05, 0.1) is 11.0 Å². The van der Waals surface area contributed by atoms with E-state index in [-0.39, 0.29) is 11.8 Å². The van der Waals surface area contributed by atoms with Crippen molar-refractivity contribution in [3.8, 4) is 0 Å². The molecule has 2 aromatic heterocycles. The first kappa shape index (κ1) is 25.7. The van der Waals surface area contributed by atoms with Gasteiger partial charge < -0.3 is 32.4 Å². The molecule has 2 aromatic rings. The first-order chi connectivity index (χ1) is 16.8. The molecular formula is C26H36N8O. The van der Waals surface area contributed by atoms with Crippen LogP contribution in [-0.4, -0.2) is 46.6 Å². The molecule has 1 fully saturated rings. The van der Waals surface area contributed by atoms with Gasteiger partial charge in [0.1, 0.15) is 11.6 Å². The number of hydrogen-bond donors (Lipinski definition) is 5. The van der Waals surface area contributed by atoms with Crippen molar-refractivity contribution in [3.05, 3.63) is 59.8 Å². The summed E-state index contributed by atoms with van der Waals surface area (Å²) in [5, 5.41) is 14.3. The second kappa shape index (κ2) is 12.0. The topological polar surface area (TPSA) is 146 Å². The molecule has 1 saturated heterocycles. The third-order valence-electron chi connectivity index (χ3n) is 6.11. The number of aromatic nitrogens is 2. The van der Waals surface area contributed by atoms with Crippen molar-refractivity contribution in [3.63, 3.8) is 0 Å². The lowest BCUT2D eigenvalue weighted by atomic mass is 9.98. The molecule has 0 aliphatic carbocycles. The van der Waals surface area contributed by atoms with Crippen molar-refractivity contribution in [1.82, 2.24) is 20.2 Å². The minimum Gasteiger partial charge on any atom is -0.404 e. The molecular weight excluding hydrogens is 440 g/mol. The molecule has 186 valence electrons. The molecule has 0 saturated carbocycles. The maximum atomic E-state index is 11.7. The zero-order chi connectivity index (χ0) is 25.4. The van der Waals surface area contributed by atoms with E-state index < -0.39 is 0 Å². The fourth-order valence-electron chi connectivity index (χ4n) is 4.07. The average molecular weight is 477 g/mol. The second-order valence-electron chi connectivity index (χ2n) is 9.13. The molecule has 9 nitrogen and oxygen atoms in total. The highest BCUT2D eigenvalue weighted by molar-refractivity contribution is 6.08.